The fourth-order valence-corrected chi connectivity index (χ4v) is 4.29. The van der Waals surface area contributed by atoms with Gasteiger partial charge in [-0.1, -0.05) is 6.07 Å². The quantitative estimate of drug-likeness (QED) is 0.635. The fourth-order valence-electron chi connectivity index (χ4n) is 3.50. The molecule has 0 aliphatic carbocycles. The third-order valence-corrected chi connectivity index (χ3v) is 5.81. The summed E-state index contributed by atoms with van der Waals surface area (Å²) in [6.45, 7) is 2.34. The van der Waals surface area contributed by atoms with Gasteiger partial charge < -0.3 is 19.7 Å². The van der Waals surface area contributed by atoms with Crippen molar-refractivity contribution in [2.45, 2.75) is 6.04 Å². The third-order valence-electron chi connectivity index (χ3n) is 4.92. The molecule has 0 bridgehead atoms. The Hall–Kier alpha value is -2.39. The highest BCUT2D eigenvalue weighted by Gasteiger charge is 2.30. The molecule has 2 aromatic heterocycles. The normalized spacial score (nSPS) is 17.1. The molecule has 158 valence electrons. The predicted molar refractivity (Wildman–Crippen MR) is 119 cm³/mol. The first-order valence-electron chi connectivity index (χ1n) is 9.07. The van der Waals surface area contributed by atoms with Crippen LogP contribution in [-0.2, 0) is 0 Å². The SMILES string of the molecule is Cl.Cl.O=C(c1csc(-c2ccc3c(c2)OCO3)n1)N1CCNCC1c1cccnc1. The number of carbonyl (C=O) groups excluding carboxylic acids is 1. The monoisotopic (exact) mass is 466 g/mol. The van der Waals surface area contributed by atoms with Crippen molar-refractivity contribution >= 4 is 42.1 Å². The number of carbonyl (C=O) groups is 1. The number of pyridine rings is 1. The molecule has 1 aromatic carbocycles. The minimum absolute atomic E-state index is 0. The Morgan fingerprint density at radius 3 is 2.90 bits per heavy atom. The van der Waals surface area contributed by atoms with Crippen LogP contribution in [0.2, 0.25) is 0 Å². The first-order valence-corrected chi connectivity index (χ1v) is 9.95. The van der Waals surface area contributed by atoms with Crippen LogP contribution in [0.1, 0.15) is 22.1 Å². The number of piperazine rings is 1. The highest BCUT2D eigenvalue weighted by molar-refractivity contribution is 7.13. The Morgan fingerprint density at radius 1 is 1.20 bits per heavy atom. The van der Waals surface area contributed by atoms with Gasteiger partial charge in [-0.25, -0.2) is 4.98 Å². The molecule has 10 heteroatoms. The van der Waals surface area contributed by atoms with E-state index in [0.29, 0.717) is 24.5 Å². The number of thiazole rings is 1. The van der Waals surface area contributed by atoms with Crippen LogP contribution >= 0.6 is 36.2 Å². The molecule has 2 aliphatic heterocycles. The minimum atomic E-state index is -0.0569. The molecule has 0 radical (unpaired) electrons. The van der Waals surface area contributed by atoms with Crippen LogP contribution in [0.3, 0.4) is 0 Å². The summed E-state index contributed by atoms with van der Waals surface area (Å²) in [5, 5.41) is 5.97. The van der Waals surface area contributed by atoms with E-state index in [2.05, 4.69) is 15.3 Å². The number of ether oxygens (including phenoxy) is 2. The van der Waals surface area contributed by atoms with Crippen molar-refractivity contribution in [3.63, 3.8) is 0 Å². The lowest BCUT2D eigenvalue weighted by Crippen LogP contribution is -2.48. The van der Waals surface area contributed by atoms with Gasteiger partial charge in [-0.3, -0.25) is 9.78 Å². The van der Waals surface area contributed by atoms with Crippen LogP contribution in [0.5, 0.6) is 11.5 Å². The molecule has 4 heterocycles. The lowest BCUT2D eigenvalue weighted by atomic mass is 10.0. The maximum Gasteiger partial charge on any atom is 0.273 e. The van der Waals surface area contributed by atoms with Gasteiger partial charge in [-0.05, 0) is 29.8 Å². The third kappa shape index (κ3) is 4.22. The van der Waals surface area contributed by atoms with E-state index in [9.17, 15) is 4.79 Å². The second kappa shape index (κ2) is 9.61. The second-order valence-corrected chi connectivity index (χ2v) is 7.47. The summed E-state index contributed by atoms with van der Waals surface area (Å²) in [4.78, 5) is 23.9. The number of aromatic nitrogens is 2. The van der Waals surface area contributed by atoms with E-state index in [0.717, 1.165) is 28.4 Å². The van der Waals surface area contributed by atoms with Crippen LogP contribution < -0.4 is 14.8 Å². The number of hydrogen-bond donors (Lipinski definition) is 1. The molecule has 1 fully saturated rings. The van der Waals surface area contributed by atoms with E-state index in [-0.39, 0.29) is 43.6 Å². The molecule has 5 rings (SSSR count). The molecule has 1 saturated heterocycles. The maximum absolute atomic E-state index is 13.2. The molecule has 7 nitrogen and oxygen atoms in total. The Morgan fingerprint density at radius 2 is 2.07 bits per heavy atom. The molecule has 1 N–H and O–H groups in total. The lowest BCUT2D eigenvalue weighted by Gasteiger charge is -2.36. The van der Waals surface area contributed by atoms with Crippen molar-refractivity contribution in [1.29, 1.82) is 0 Å². The molecule has 0 saturated carbocycles. The van der Waals surface area contributed by atoms with Crippen molar-refractivity contribution in [3.05, 3.63) is 59.4 Å². The van der Waals surface area contributed by atoms with E-state index in [1.54, 1.807) is 6.20 Å². The van der Waals surface area contributed by atoms with E-state index >= 15 is 0 Å². The molecule has 30 heavy (non-hydrogen) atoms. The van der Waals surface area contributed by atoms with Crippen molar-refractivity contribution in [2.75, 3.05) is 26.4 Å². The Balaban J connectivity index is 0.00000128. The fraction of sp³-hybridized carbons (Fsp3) is 0.250. The summed E-state index contributed by atoms with van der Waals surface area (Å²) >= 11 is 1.45. The number of fused-ring (bicyclic) bond motifs is 1. The number of benzene rings is 1. The highest BCUT2D eigenvalue weighted by Crippen LogP contribution is 2.37. The number of amides is 1. The molecule has 3 aromatic rings. The lowest BCUT2D eigenvalue weighted by molar-refractivity contribution is 0.0629. The summed E-state index contributed by atoms with van der Waals surface area (Å²) in [5.41, 5.74) is 2.40. The van der Waals surface area contributed by atoms with Gasteiger partial charge in [0.1, 0.15) is 10.7 Å². The number of halogens is 2. The van der Waals surface area contributed by atoms with Gasteiger partial charge in [0.25, 0.3) is 5.91 Å². The Kier molecular flexibility index (Phi) is 7.14. The Labute approximate surface area is 190 Å². The summed E-state index contributed by atoms with van der Waals surface area (Å²) in [6, 6.07) is 9.56. The number of rotatable bonds is 3. The summed E-state index contributed by atoms with van der Waals surface area (Å²) < 4.78 is 10.8. The van der Waals surface area contributed by atoms with Crippen molar-refractivity contribution in [3.8, 4) is 22.1 Å². The van der Waals surface area contributed by atoms with Gasteiger partial charge in [0.05, 0.1) is 6.04 Å². The van der Waals surface area contributed by atoms with Gasteiger partial charge in [0, 0.05) is 43.0 Å². The molecular weight excluding hydrogens is 447 g/mol. The Bertz CT molecular complexity index is 1020. The van der Waals surface area contributed by atoms with E-state index in [4.69, 9.17) is 9.47 Å². The van der Waals surface area contributed by atoms with E-state index in [1.165, 1.54) is 11.3 Å². The molecule has 0 spiro atoms. The zero-order valence-corrected chi connectivity index (χ0v) is 18.3. The van der Waals surface area contributed by atoms with Crippen LogP contribution in [0, 0.1) is 0 Å². The van der Waals surface area contributed by atoms with Crippen LogP contribution in [0.15, 0.2) is 48.1 Å². The van der Waals surface area contributed by atoms with Crippen molar-refractivity contribution in [2.24, 2.45) is 0 Å². The minimum Gasteiger partial charge on any atom is -0.454 e. The molecule has 1 amide bonds. The standard InChI is InChI=1S/C20H18N4O3S.2ClH/c25-20(24-7-6-22-10-16(24)14-2-1-5-21-9-14)15-11-28-19(23-15)13-3-4-17-18(8-13)27-12-26-17;;/h1-5,8-9,11,16,22H,6-7,10,12H2;2*1H. The number of nitrogens with zero attached hydrogens (tertiary/aromatic N) is 3. The van der Waals surface area contributed by atoms with Gasteiger partial charge in [0.2, 0.25) is 6.79 Å². The maximum atomic E-state index is 13.2. The van der Waals surface area contributed by atoms with Crippen LogP contribution in [-0.4, -0.2) is 47.2 Å². The van der Waals surface area contributed by atoms with Crippen LogP contribution in [0.25, 0.3) is 10.6 Å². The zero-order valence-electron chi connectivity index (χ0n) is 15.8. The number of hydrogen-bond acceptors (Lipinski definition) is 7. The van der Waals surface area contributed by atoms with Crippen LogP contribution in [0.4, 0.5) is 0 Å². The molecule has 1 unspecified atom stereocenters. The topological polar surface area (TPSA) is 76.6 Å². The first kappa shape index (κ1) is 22.3. The molecular formula is C20H20Cl2N4O3S. The summed E-state index contributed by atoms with van der Waals surface area (Å²) in [7, 11) is 0. The van der Waals surface area contributed by atoms with Crippen molar-refractivity contribution < 1.29 is 14.3 Å². The van der Waals surface area contributed by atoms with E-state index in [1.807, 2.05) is 46.8 Å². The molecule has 1 atom stereocenters. The summed E-state index contributed by atoms with van der Waals surface area (Å²) in [6.07, 6.45) is 3.56. The average molecular weight is 467 g/mol. The smallest absolute Gasteiger partial charge is 0.273 e. The largest absolute Gasteiger partial charge is 0.454 e. The van der Waals surface area contributed by atoms with Crippen molar-refractivity contribution in [1.82, 2.24) is 20.2 Å². The van der Waals surface area contributed by atoms with Gasteiger partial charge in [0.15, 0.2) is 11.5 Å². The zero-order chi connectivity index (χ0) is 18.9. The van der Waals surface area contributed by atoms with Gasteiger partial charge in [-0.2, -0.15) is 0 Å². The predicted octanol–water partition coefficient (Wildman–Crippen LogP) is 3.56. The number of nitrogens with one attached hydrogen (secondary N) is 1. The van der Waals surface area contributed by atoms with E-state index < -0.39 is 0 Å². The second-order valence-electron chi connectivity index (χ2n) is 6.61. The first-order chi connectivity index (χ1) is 13.8. The summed E-state index contributed by atoms with van der Waals surface area (Å²) in [5.74, 6) is 1.38. The molecule has 2 aliphatic rings. The average Bonchev–Trinajstić information content (AvgIpc) is 3.43. The van der Waals surface area contributed by atoms with Gasteiger partial charge in [-0.15, -0.1) is 36.2 Å². The highest BCUT2D eigenvalue weighted by atomic mass is 35.5. The van der Waals surface area contributed by atoms with Gasteiger partial charge >= 0.3 is 0 Å².